The molecule has 0 spiro atoms. The number of aryl methyl sites for hydroxylation is 2. The van der Waals surface area contributed by atoms with Crippen molar-refractivity contribution < 1.29 is 4.74 Å². The van der Waals surface area contributed by atoms with Gasteiger partial charge in [0.1, 0.15) is 18.3 Å². The predicted molar refractivity (Wildman–Crippen MR) is 83.9 cm³/mol. The third-order valence-electron chi connectivity index (χ3n) is 4.00. The zero-order valence-corrected chi connectivity index (χ0v) is 13.5. The number of ether oxygens (including phenoxy) is 1. The van der Waals surface area contributed by atoms with Crippen LogP contribution in [-0.2, 0) is 24.2 Å². The van der Waals surface area contributed by atoms with Crippen molar-refractivity contribution in [2.45, 2.75) is 39.5 Å². The highest BCUT2D eigenvalue weighted by Gasteiger charge is 2.26. The fourth-order valence-corrected chi connectivity index (χ4v) is 2.79. The summed E-state index contributed by atoms with van der Waals surface area (Å²) in [6, 6.07) is 1.55. The smallest absolute Gasteiger partial charge is 0.251 e. The Balaban J connectivity index is 1.72. The van der Waals surface area contributed by atoms with Crippen molar-refractivity contribution >= 4 is 0 Å². The Kier molecular flexibility index (Phi) is 4.82. The van der Waals surface area contributed by atoms with Crippen LogP contribution < -0.4 is 5.56 Å². The molecule has 1 aliphatic heterocycles. The number of nitrogens with zero attached hydrogens (tertiary/aromatic N) is 5. The molecule has 124 valence electrons. The van der Waals surface area contributed by atoms with Crippen LogP contribution >= 0.6 is 0 Å². The SMILES string of the molecule is CCc1cc(=O)[nH]c(CN2CCO[C@@H](c3nncn3CC)C2)n1. The van der Waals surface area contributed by atoms with E-state index >= 15 is 0 Å². The highest BCUT2D eigenvalue weighted by atomic mass is 16.5. The molecule has 0 radical (unpaired) electrons. The van der Waals surface area contributed by atoms with Crippen molar-refractivity contribution in [1.29, 1.82) is 0 Å². The minimum absolute atomic E-state index is 0.0950. The first-order chi connectivity index (χ1) is 11.2. The van der Waals surface area contributed by atoms with Crippen molar-refractivity contribution in [2.24, 2.45) is 0 Å². The van der Waals surface area contributed by atoms with Crippen LogP contribution in [0.1, 0.15) is 37.3 Å². The first-order valence-electron chi connectivity index (χ1n) is 8.00. The molecule has 2 aromatic rings. The molecular formula is C15H22N6O2. The van der Waals surface area contributed by atoms with Crippen LogP contribution in [0.15, 0.2) is 17.2 Å². The van der Waals surface area contributed by atoms with Crippen LogP contribution in [0.5, 0.6) is 0 Å². The zero-order chi connectivity index (χ0) is 16.2. The predicted octanol–water partition coefficient (Wildman–Crippen LogP) is 0.517. The molecule has 2 aromatic heterocycles. The van der Waals surface area contributed by atoms with Gasteiger partial charge in [-0.1, -0.05) is 6.92 Å². The fraction of sp³-hybridized carbons (Fsp3) is 0.600. The van der Waals surface area contributed by atoms with E-state index in [2.05, 4.69) is 32.0 Å². The van der Waals surface area contributed by atoms with Crippen LogP contribution in [0.4, 0.5) is 0 Å². The minimum atomic E-state index is -0.104. The molecule has 1 N–H and O–H groups in total. The van der Waals surface area contributed by atoms with Gasteiger partial charge in [0.05, 0.1) is 13.2 Å². The summed E-state index contributed by atoms with van der Waals surface area (Å²) in [4.78, 5) is 21.2. The molecule has 3 rings (SSSR count). The van der Waals surface area contributed by atoms with Crippen molar-refractivity contribution in [3.63, 3.8) is 0 Å². The minimum Gasteiger partial charge on any atom is -0.368 e. The summed E-state index contributed by atoms with van der Waals surface area (Å²) in [5.74, 6) is 1.55. The van der Waals surface area contributed by atoms with Crippen LogP contribution in [-0.4, -0.2) is 49.3 Å². The Morgan fingerprint density at radius 3 is 3.09 bits per heavy atom. The van der Waals surface area contributed by atoms with Gasteiger partial charge in [0.2, 0.25) is 0 Å². The van der Waals surface area contributed by atoms with E-state index in [9.17, 15) is 4.79 Å². The third-order valence-corrected chi connectivity index (χ3v) is 4.00. The lowest BCUT2D eigenvalue weighted by Gasteiger charge is -2.32. The average molecular weight is 318 g/mol. The Labute approximate surface area is 134 Å². The molecule has 1 fully saturated rings. The van der Waals surface area contributed by atoms with Gasteiger partial charge in [0.25, 0.3) is 5.56 Å². The molecule has 8 heteroatoms. The quantitative estimate of drug-likeness (QED) is 0.864. The lowest BCUT2D eigenvalue weighted by molar-refractivity contribution is -0.0396. The van der Waals surface area contributed by atoms with E-state index in [1.165, 1.54) is 0 Å². The van der Waals surface area contributed by atoms with Gasteiger partial charge in [-0.05, 0) is 13.3 Å². The van der Waals surface area contributed by atoms with Crippen LogP contribution in [0.2, 0.25) is 0 Å². The van der Waals surface area contributed by atoms with Crippen LogP contribution in [0.3, 0.4) is 0 Å². The summed E-state index contributed by atoms with van der Waals surface area (Å²) in [6.07, 6.45) is 2.37. The molecule has 0 aromatic carbocycles. The number of rotatable bonds is 5. The van der Waals surface area contributed by atoms with Gasteiger partial charge in [-0.3, -0.25) is 9.69 Å². The molecule has 0 unspecified atom stereocenters. The maximum Gasteiger partial charge on any atom is 0.251 e. The first kappa shape index (κ1) is 15.8. The maximum atomic E-state index is 11.7. The summed E-state index contributed by atoms with van der Waals surface area (Å²) >= 11 is 0. The number of hydrogen-bond acceptors (Lipinski definition) is 6. The zero-order valence-electron chi connectivity index (χ0n) is 13.5. The molecule has 1 aliphatic rings. The fourth-order valence-electron chi connectivity index (χ4n) is 2.79. The topological polar surface area (TPSA) is 88.9 Å². The van der Waals surface area contributed by atoms with Gasteiger partial charge in [-0.25, -0.2) is 4.98 Å². The second kappa shape index (κ2) is 7.01. The van der Waals surface area contributed by atoms with Crippen molar-refractivity contribution in [3.05, 3.63) is 40.1 Å². The molecule has 8 nitrogen and oxygen atoms in total. The van der Waals surface area contributed by atoms with Crippen LogP contribution in [0.25, 0.3) is 0 Å². The van der Waals surface area contributed by atoms with Gasteiger partial charge in [-0.2, -0.15) is 0 Å². The highest BCUT2D eigenvalue weighted by molar-refractivity contribution is 5.03. The molecular weight excluding hydrogens is 296 g/mol. The van der Waals surface area contributed by atoms with Gasteiger partial charge in [0.15, 0.2) is 5.82 Å². The summed E-state index contributed by atoms with van der Waals surface area (Å²) in [7, 11) is 0. The summed E-state index contributed by atoms with van der Waals surface area (Å²) < 4.78 is 7.84. The van der Waals surface area contributed by atoms with E-state index in [0.717, 1.165) is 31.0 Å². The molecule has 23 heavy (non-hydrogen) atoms. The molecule has 0 bridgehead atoms. The Morgan fingerprint density at radius 2 is 2.30 bits per heavy atom. The summed E-state index contributed by atoms with van der Waals surface area (Å²) in [6.45, 7) is 7.60. The number of aromatic nitrogens is 5. The number of aromatic amines is 1. The Morgan fingerprint density at radius 1 is 1.43 bits per heavy atom. The lowest BCUT2D eigenvalue weighted by atomic mass is 10.2. The molecule has 0 saturated carbocycles. The Hall–Kier alpha value is -2.06. The number of H-pyrrole nitrogens is 1. The van der Waals surface area contributed by atoms with Gasteiger partial charge < -0.3 is 14.3 Å². The largest absolute Gasteiger partial charge is 0.368 e. The van der Waals surface area contributed by atoms with E-state index in [-0.39, 0.29) is 11.7 Å². The van der Waals surface area contributed by atoms with Crippen molar-refractivity contribution in [2.75, 3.05) is 19.7 Å². The number of nitrogens with one attached hydrogen (secondary N) is 1. The average Bonchev–Trinajstić information content (AvgIpc) is 3.03. The highest BCUT2D eigenvalue weighted by Crippen LogP contribution is 2.21. The number of morpholine rings is 1. The summed E-state index contributed by atoms with van der Waals surface area (Å²) in [5, 5.41) is 8.15. The molecule has 3 heterocycles. The lowest BCUT2D eigenvalue weighted by Crippen LogP contribution is -2.39. The second-order valence-electron chi connectivity index (χ2n) is 5.61. The molecule has 0 amide bonds. The monoisotopic (exact) mass is 318 g/mol. The molecule has 1 atom stereocenters. The van der Waals surface area contributed by atoms with Crippen LogP contribution in [0, 0.1) is 0 Å². The standard InChI is InChI=1S/C15H22N6O2/c1-3-11-7-14(22)18-13(17-11)9-20-5-6-23-12(8-20)15-19-16-10-21(15)4-2/h7,10,12H,3-6,8-9H2,1-2H3,(H,17,18,22)/t12-/m1/s1. The summed E-state index contributed by atoms with van der Waals surface area (Å²) in [5.41, 5.74) is 0.724. The normalized spacial score (nSPS) is 19.1. The number of hydrogen-bond donors (Lipinski definition) is 1. The van der Waals surface area contributed by atoms with Gasteiger partial charge in [0, 0.05) is 31.4 Å². The Bertz CT molecular complexity index is 710. The van der Waals surface area contributed by atoms with Gasteiger partial charge in [-0.15, -0.1) is 10.2 Å². The van der Waals surface area contributed by atoms with Gasteiger partial charge >= 0.3 is 0 Å². The van der Waals surface area contributed by atoms with E-state index < -0.39 is 0 Å². The molecule has 0 aliphatic carbocycles. The maximum absolute atomic E-state index is 11.7. The van der Waals surface area contributed by atoms with Crippen molar-refractivity contribution in [3.8, 4) is 0 Å². The first-order valence-corrected chi connectivity index (χ1v) is 8.00. The van der Waals surface area contributed by atoms with E-state index in [1.807, 2.05) is 11.5 Å². The van der Waals surface area contributed by atoms with E-state index in [4.69, 9.17) is 4.74 Å². The van der Waals surface area contributed by atoms with Crippen molar-refractivity contribution in [1.82, 2.24) is 29.6 Å². The van der Waals surface area contributed by atoms with E-state index in [1.54, 1.807) is 12.4 Å². The second-order valence-corrected chi connectivity index (χ2v) is 5.61. The molecule has 1 saturated heterocycles. The van der Waals surface area contributed by atoms with E-state index in [0.29, 0.717) is 25.5 Å². The third kappa shape index (κ3) is 3.65.